The molecule has 4 aromatic rings. The molecule has 43 heavy (non-hydrogen) atoms. The van der Waals surface area contributed by atoms with Crippen LogP contribution in [0.5, 0.6) is 0 Å². The number of fused-ring (bicyclic) bond motifs is 1. The zero-order valence-electron chi connectivity index (χ0n) is 22.5. The van der Waals surface area contributed by atoms with Crippen molar-refractivity contribution in [3.05, 3.63) is 84.3 Å². The van der Waals surface area contributed by atoms with E-state index in [0.29, 0.717) is 11.3 Å². The van der Waals surface area contributed by atoms with Gasteiger partial charge in [0.15, 0.2) is 0 Å². The molecule has 0 saturated carbocycles. The highest BCUT2D eigenvalue weighted by Crippen LogP contribution is 2.19. The molecule has 0 aliphatic rings. The molecule has 14 nitrogen and oxygen atoms in total. The number of aromatic nitrogens is 3. The summed E-state index contributed by atoms with van der Waals surface area (Å²) in [4.78, 5) is 59.1. The lowest BCUT2D eigenvalue weighted by molar-refractivity contribution is -0.141. The van der Waals surface area contributed by atoms with Gasteiger partial charge in [0.05, 0.1) is 11.2 Å². The summed E-state index contributed by atoms with van der Waals surface area (Å²) in [6, 6.07) is 7.33. The van der Waals surface area contributed by atoms with Gasteiger partial charge in [0.2, 0.25) is 11.8 Å². The van der Waals surface area contributed by atoms with Gasteiger partial charge in [-0.05, 0) is 35.9 Å². The third-order valence-corrected chi connectivity index (χ3v) is 7.68. The quantitative estimate of drug-likeness (QED) is 0.115. The summed E-state index contributed by atoms with van der Waals surface area (Å²) in [5.41, 5.74) is 1.94. The molecule has 2 aromatic heterocycles. The van der Waals surface area contributed by atoms with Crippen molar-refractivity contribution in [3.63, 3.8) is 0 Å². The highest BCUT2D eigenvalue weighted by molar-refractivity contribution is 7.90. The molecule has 0 unspecified atom stereocenters. The van der Waals surface area contributed by atoms with Gasteiger partial charge in [-0.2, -0.15) is 0 Å². The minimum absolute atomic E-state index is 0.0278. The van der Waals surface area contributed by atoms with Gasteiger partial charge in [0, 0.05) is 54.8 Å². The van der Waals surface area contributed by atoms with Crippen molar-refractivity contribution in [2.75, 3.05) is 6.54 Å². The Morgan fingerprint density at radius 1 is 0.953 bits per heavy atom. The van der Waals surface area contributed by atoms with Crippen LogP contribution in [-0.4, -0.2) is 70.9 Å². The van der Waals surface area contributed by atoms with Crippen molar-refractivity contribution in [1.82, 2.24) is 35.6 Å². The summed E-state index contributed by atoms with van der Waals surface area (Å²) in [5, 5.41) is 17.5. The third-order valence-electron chi connectivity index (χ3n) is 6.34. The van der Waals surface area contributed by atoms with E-state index in [0.717, 1.165) is 35.2 Å². The molecule has 0 bridgehead atoms. The highest BCUT2D eigenvalue weighted by atomic mass is 32.2. The van der Waals surface area contributed by atoms with E-state index in [1.807, 2.05) is 18.2 Å². The highest BCUT2D eigenvalue weighted by Gasteiger charge is 2.26. The van der Waals surface area contributed by atoms with E-state index < -0.39 is 51.7 Å². The predicted octanol–water partition coefficient (Wildman–Crippen LogP) is 0.948. The van der Waals surface area contributed by atoms with Crippen LogP contribution in [0.3, 0.4) is 0 Å². The number of urea groups is 1. The summed E-state index contributed by atoms with van der Waals surface area (Å²) in [5.74, 6) is -3.28. The molecule has 0 radical (unpaired) electrons. The first-order valence-electron chi connectivity index (χ1n) is 12.9. The lowest BCUT2D eigenvalue weighted by atomic mass is 10.0. The molecule has 7 N–H and O–H groups in total. The fraction of sp³-hybridized carbons (Fsp3) is 0.222. The molecule has 0 fully saturated rings. The first kappa shape index (κ1) is 30.7. The van der Waals surface area contributed by atoms with E-state index in [-0.39, 0.29) is 30.7 Å². The van der Waals surface area contributed by atoms with Gasteiger partial charge in [0.25, 0.3) is 10.0 Å². The first-order chi connectivity index (χ1) is 20.5. The smallest absolute Gasteiger partial charge is 0.329 e. The Hall–Kier alpha value is -5.25. The number of carboxylic acid groups (broad SMARTS) is 1. The number of hydrogen-bond donors (Lipinski definition) is 7. The average Bonchev–Trinajstić information content (AvgIpc) is 3.62. The molecule has 2 aromatic carbocycles. The summed E-state index contributed by atoms with van der Waals surface area (Å²) >= 11 is 0. The molecule has 2 heterocycles. The fourth-order valence-corrected chi connectivity index (χ4v) is 5.13. The average molecular weight is 614 g/mol. The van der Waals surface area contributed by atoms with Crippen LogP contribution in [-0.2, 0) is 37.2 Å². The fourth-order valence-electron chi connectivity index (χ4n) is 4.22. The Morgan fingerprint density at radius 2 is 1.70 bits per heavy atom. The number of aliphatic carboxylic acids is 1. The summed E-state index contributed by atoms with van der Waals surface area (Å²) < 4.78 is 40.2. The maximum atomic E-state index is 13.2. The number of H-pyrrole nitrogens is 2. The number of rotatable bonds is 13. The molecular weight excluding hydrogens is 585 g/mol. The molecular formula is C27H28FN7O7S. The minimum atomic E-state index is -4.38. The van der Waals surface area contributed by atoms with Crippen molar-refractivity contribution in [2.24, 2.45) is 0 Å². The Labute approximate surface area is 244 Å². The van der Waals surface area contributed by atoms with Crippen LogP contribution in [0.25, 0.3) is 10.9 Å². The van der Waals surface area contributed by atoms with Gasteiger partial charge in [-0.1, -0.05) is 18.2 Å². The number of sulfonamides is 1. The first-order valence-corrected chi connectivity index (χ1v) is 14.4. The van der Waals surface area contributed by atoms with Gasteiger partial charge in [-0.25, -0.2) is 32.1 Å². The van der Waals surface area contributed by atoms with Crippen molar-refractivity contribution in [1.29, 1.82) is 0 Å². The number of imidazole rings is 1. The van der Waals surface area contributed by atoms with Crippen molar-refractivity contribution in [2.45, 2.75) is 36.2 Å². The maximum absolute atomic E-state index is 13.2. The van der Waals surface area contributed by atoms with Crippen LogP contribution in [0.15, 0.2) is 72.1 Å². The molecule has 16 heteroatoms. The number of benzene rings is 2. The van der Waals surface area contributed by atoms with Crippen LogP contribution in [0.2, 0.25) is 0 Å². The van der Waals surface area contributed by atoms with E-state index in [9.17, 15) is 37.1 Å². The van der Waals surface area contributed by atoms with Gasteiger partial charge in [-0.3, -0.25) is 9.59 Å². The van der Waals surface area contributed by atoms with Crippen LogP contribution < -0.4 is 20.7 Å². The molecule has 4 amide bonds. The predicted molar refractivity (Wildman–Crippen MR) is 151 cm³/mol. The lowest BCUT2D eigenvalue weighted by Crippen LogP contribution is -2.52. The molecule has 0 saturated heterocycles. The van der Waals surface area contributed by atoms with Crippen LogP contribution in [0.4, 0.5) is 9.18 Å². The van der Waals surface area contributed by atoms with Gasteiger partial charge >= 0.3 is 12.0 Å². The number of halogens is 1. The van der Waals surface area contributed by atoms with E-state index in [2.05, 4.69) is 30.9 Å². The standard InChI is InChI=1S/C27H28FN7O7S/c28-17-5-7-19(8-6-17)43(41,42)35-27(40)34-22(11-16-13-31-21-4-2-1-3-20(16)21)25(37)30-10-9-24(36)33-23(26(38)39)12-18-14-29-15-32-18/h1-8,13-15,22-23,31H,9-12H2,(H,29,32)(H,30,37)(H,33,36)(H,38,39)(H2,34,35,40)/t22-,23-/m0/s1. The second kappa shape index (κ2) is 13.6. The number of carbonyl (C=O) groups is 4. The Balaban J connectivity index is 1.40. The number of carboxylic acids is 1. The molecule has 2 atom stereocenters. The van der Waals surface area contributed by atoms with E-state index in [4.69, 9.17) is 0 Å². The molecule has 0 aliphatic carbocycles. The van der Waals surface area contributed by atoms with E-state index in [1.54, 1.807) is 17.0 Å². The maximum Gasteiger partial charge on any atom is 0.329 e. The second-order valence-electron chi connectivity index (χ2n) is 9.43. The van der Waals surface area contributed by atoms with Gasteiger partial charge in [0.1, 0.15) is 17.9 Å². The van der Waals surface area contributed by atoms with Crippen molar-refractivity contribution >= 4 is 44.7 Å². The topological polar surface area (TPSA) is 215 Å². The normalized spacial score (nSPS) is 12.7. The lowest BCUT2D eigenvalue weighted by Gasteiger charge is -2.19. The number of para-hydroxylation sites is 1. The molecule has 4 rings (SSSR count). The minimum Gasteiger partial charge on any atom is -0.480 e. The van der Waals surface area contributed by atoms with Crippen molar-refractivity contribution in [3.8, 4) is 0 Å². The van der Waals surface area contributed by atoms with Gasteiger partial charge < -0.3 is 31.0 Å². The Bertz CT molecular complexity index is 1710. The number of aromatic amines is 2. The van der Waals surface area contributed by atoms with Crippen LogP contribution >= 0.6 is 0 Å². The summed E-state index contributed by atoms with van der Waals surface area (Å²) in [6.45, 7) is -0.206. The zero-order valence-corrected chi connectivity index (χ0v) is 23.3. The molecule has 0 spiro atoms. The van der Waals surface area contributed by atoms with E-state index >= 15 is 0 Å². The number of hydrogen-bond acceptors (Lipinski definition) is 7. The number of carbonyl (C=O) groups excluding carboxylic acids is 3. The second-order valence-corrected chi connectivity index (χ2v) is 11.1. The van der Waals surface area contributed by atoms with Crippen LogP contribution in [0, 0.1) is 5.82 Å². The summed E-state index contributed by atoms with van der Waals surface area (Å²) in [6.07, 6.45) is 4.12. The third kappa shape index (κ3) is 8.38. The molecule has 0 aliphatic heterocycles. The summed E-state index contributed by atoms with van der Waals surface area (Å²) in [7, 11) is -4.38. The largest absolute Gasteiger partial charge is 0.480 e. The van der Waals surface area contributed by atoms with Crippen molar-refractivity contribution < 1.29 is 37.1 Å². The van der Waals surface area contributed by atoms with Gasteiger partial charge in [-0.15, -0.1) is 0 Å². The Morgan fingerprint density at radius 3 is 2.40 bits per heavy atom. The number of nitrogens with one attached hydrogen (secondary N) is 6. The number of amides is 4. The SMILES string of the molecule is O=C(CCNC(=O)[C@H](Cc1c[nH]c2ccccc12)NC(=O)NS(=O)(=O)c1ccc(F)cc1)N[C@@H](Cc1cnc[nH]1)C(=O)O. The van der Waals surface area contributed by atoms with E-state index in [1.165, 1.54) is 12.5 Å². The monoisotopic (exact) mass is 613 g/mol. The molecule has 226 valence electrons. The number of nitrogens with zero attached hydrogens (tertiary/aromatic N) is 1. The Kier molecular flexibility index (Phi) is 9.72. The van der Waals surface area contributed by atoms with Crippen LogP contribution in [0.1, 0.15) is 17.7 Å². The zero-order chi connectivity index (χ0) is 31.0.